The monoisotopic (exact) mass is 439 g/mol. The summed E-state index contributed by atoms with van der Waals surface area (Å²) in [7, 11) is 0. The van der Waals surface area contributed by atoms with Gasteiger partial charge < -0.3 is 14.6 Å². The van der Waals surface area contributed by atoms with Gasteiger partial charge in [0.05, 0.1) is 15.2 Å². The molecule has 1 N–H and O–H groups in total. The van der Waals surface area contributed by atoms with Crippen LogP contribution in [-0.2, 0) is 17.8 Å². The Hall–Kier alpha value is -2.81. The van der Waals surface area contributed by atoms with Crippen molar-refractivity contribution in [1.29, 1.82) is 0 Å². The van der Waals surface area contributed by atoms with Crippen molar-refractivity contribution in [2.45, 2.75) is 46.6 Å². The summed E-state index contributed by atoms with van der Waals surface area (Å²) in [5.41, 5.74) is 3.77. The van der Waals surface area contributed by atoms with Crippen LogP contribution in [0.2, 0.25) is 0 Å². The largest absolute Gasteiger partial charge is 0.573 e. The first kappa shape index (κ1) is 21.9. The summed E-state index contributed by atoms with van der Waals surface area (Å²) < 4.78 is 48.6. The lowest BCUT2D eigenvalue weighted by Gasteiger charge is -2.15. The lowest BCUT2D eigenvalue weighted by atomic mass is 9.99. The summed E-state index contributed by atoms with van der Waals surface area (Å²) in [6, 6.07) is 6.17. The molecule has 160 valence electrons. The van der Waals surface area contributed by atoms with Gasteiger partial charge in [0.2, 0.25) is 0 Å². The number of carboxylic acids is 1. The van der Waals surface area contributed by atoms with Crippen molar-refractivity contribution in [3.63, 3.8) is 0 Å². The van der Waals surface area contributed by atoms with Gasteiger partial charge in [0, 0.05) is 12.0 Å². The molecule has 30 heavy (non-hydrogen) atoms. The molecule has 0 saturated carbocycles. The van der Waals surface area contributed by atoms with Gasteiger partial charge in [-0.1, -0.05) is 6.07 Å². The first-order chi connectivity index (χ1) is 14.0. The second-order valence-corrected chi connectivity index (χ2v) is 8.10. The zero-order valence-electron chi connectivity index (χ0n) is 16.6. The SMILES string of the molecule is Cc1nc2c(COc3ccc(CCC(=O)O)c(C)c3C)cc(OC(F)(F)F)cc2s1. The Labute approximate surface area is 175 Å². The molecule has 0 bridgehead atoms. The Morgan fingerprint density at radius 1 is 1.13 bits per heavy atom. The number of carboxylic acid groups (broad SMARTS) is 1. The summed E-state index contributed by atoms with van der Waals surface area (Å²) in [5, 5.41) is 9.60. The third-order valence-corrected chi connectivity index (χ3v) is 5.65. The minimum Gasteiger partial charge on any atom is -0.489 e. The van der Waals surface area contributed by atoms with E-state index in [-0.39, 0.29) is 18.8 Å². The number of fused-ring (bicyclic) bond motifs is 1. The number of benzene rings is 2. The van der Waals surface area contributed by atoms with E-state index in [2.05, 4.69) is 9.72 Å². The van der Waals surface area contributed by atoms with Crippen molar-refractivity contribution in [3.05, 3.63) is 51.5 Å². The van der Waals surface area contributed by atoms with Crippen LogP contribution in [-0.4, -0.2) is 22.4 Å². The number of nitrogens with zero attached hydrogens (tertiary/aromatic N) is 1. The zero-order chi connectivity index (χ0) is 22.1. The zero-order valence-corrected chi connectivity index (χ0v) is 17.4. The minimum atomic E-state index is -4.79. The molecule has 0 aliphatic carbocycles. The molecule has 3 rings (SSSR count). The Balaban J connectivity index is 1.86. The fraction of sp³-hybridized carbons (Fsp3) is 0.333. The van der Waals surface area contributed by atoms with Crippen LogP contribution in [0.4, 0.5) is 13.2 Å². The highest BCUT2D eigenvalue weighted by molar-refractivity contribution is 7.18. The van der Waals surface area contributed by atoms with Gasteiger partial charge in [-0.05, 0) is 62.1 Å². The van der Waals surface area contributed by atoms with E-state index in [1.54, 1.807) is 13.0 Å². The third-order valence-electron chi connectivity index (χ3n) is 4.73. The molecule has 0 aliphatic rings. The number of alkyl halides is 3. The fourth-order valence-electron chi connectivity index (χ4n) is 3.16. The van der Waals surface area contributed by atoms with E-state index in [0.29, 0.717) is 28.0 Å². The highest BCUT2D eigenvalue weighted by Crippen LogP contribution is 2.33. The number of halogens is 3. The highest BCUT2D eigenvalue weighted by atomic mass is 32.1. The van der Waals surface area contributed by atoms with Crippen LogP contribution < -0.4 is 9.47 Å². The maximum atomic E-state index is 12.7. The minimum absolute atomic E-state index is 0.0173. The molecular weight excluding hydrogens is 419 g/mol. The second kappa shape index (κ2) is 8.51. The van der Waals surface area contributed by atoms with Crippen LogP contribution in [0.5, 0.6) is 11.5 Å². The predicted octanol–water partition coefficient (Wildman–Crippen LogP) is 5.72. The van der Waals surface area contributed by atoms with Crippen molar-refractivity contribution in [2.24, 2.45) is 0 Å². The first-order valence-corrected chi connectivity index (χ1v) is 9.94. The third kappa shape index (κ3) is 5.21. The lowest BCUT2D eigenvalue weighted by molar-refractivity contribution is -0.274. The summed E-state index contributed by atoms with van der Waals surface area (Å²) in [6.07, 6.45) is -4.34. The molecule has 0 amide bonds. The molecule has 0 radical (unpaired) electrons. The van der Waals surface area contributed by atoms with Gasteiger partial charge in [0.25, 0.3) is 0 Å². The molecule has 0 atom stereocenters. The van der Waals surface area contributed by atoms with Gasteiger partial charge in [-0.25, -0.2) is 4.98 Å². The Morgan fingerprint density at radius 3 is 2.53 bits per heavy atom. The molecule has 0 saturated heterocycles. The number of thiazole rings is 1. The molecular formula is C21H20F3NO4S. The second-order valence-electron chi connectivity index (χ2n) is 6.87. The van der Waals surface area contributed by atoms with E-state index in [0.717, 1.165) is 21.7 Å². The van der Waals surface area contributed by atoms with Crippen LogP contribution in [0, 0.1) is 20.8 Å². The van der Waals surface area contributed by atoms with Crippen LogP contribution in [0.1, 0.15) is 33.7 Å². The van der Waals surface area contributed by atoms with E-state index in [1.807, 2.05) is 19.9 Å². The normalized spacial score (nSPS) is 11.7. The number of aryl methyl sites for hydroxylation is 2. The van der Waals surface area contributed by atoms with Crippen molar-refractivity contribution in [3.8, 4) is 11.5 Å². The number of aliphatic carboxylic acids is 1. The van der Waals surface area contributed by atoms with Gasteiger partial charge in [0.1, 0.15) is 18.1 Å². The van der Waals surface area contributed by atoms with Crippen LogP contribution >= 0.6 is 11.3 Å². The van der Waals surface area contributed by atoms with E-state index < -0.39 is 12.3 Å². The molecule has 0 fully saturated rings. The molecule has 0 unspecified atom stereocenters. The van der Waals surface area contributed by atoms with Crippen molar-refractivity contribution >= 4 is 27.5 Å². The maximum Gasteiger partial charge on any atom is 0.573 e. The molecule has 3 aromatic rings. The standard InChI is InChI=1S/C21H20F3NO4S/c1-11-12(2)17(6-4-14(11)5-7-19(26)27)28-10-15-8-16(29-21(22,23)24)9-18-20(15)25-13(3)30-18/h4,6,8-9H,5,7,10H2,1-3H3,(H,26,27). The Kier molecular flexibility index (Phi) is 6.21. The number of rotatable bonds is 7. The quantitative estimate of drug-likeness (QED) is 0.510. The number of hydrogen-bond acceptors (Lipinski definition) is 5. The summed E-state index contributed by atoms with van der Waals surface area (Å²) in [4.78, 5) is 15.2. The summed E-state index contributed by atoms with van der Waals surface area (Å²) in [5.74, 6) is -0.598. The first-order valence-electron chi connectivity index (χ1n) is 9.13. The van der Waals surface area contributed by atoms with Crippen molar-refractivity contribution in [2.75, 3.05) is 0 Å². The fourth-order valence-corrected chi connectivity index (χ4v) is 4.06. The molecule has 1 heterocycles. The van der Waals surface area contributed by atoms with E-state index >= 15 is 0 Å². The van der Waals surface area contributed by atoms with E-state index in [9.17, 15) is 18.0 Å². The van der Waals surface area contributed by atoms with Crippen LogP contribution in [0.15, 0.2) is 24.3 Å². The van der Waals surface area contributed by atoms with E-state index in [4.69, 9.17) is 9.84 Å². The molecule has 9 heteroatoms. The van der Waals surface area contributed by atoms with Gasteiger partial charge in [-0.2, -0.15) is 0 Å². The Bertz CT molecular complexity index is 1090. The van der Waals surface area contributed by atoms with Crippen molar-refractivity contribution in [1.82, 2.24) is 4.98 Å². The summed E-state index contributed by atoms with van der Waals surface area (Å²) >= 11 is 1.28. The molecule has 1 aromatic heterocycles. The van der Waals surface area contributed by atoms with Gasteiger partial charge in [-0.3, -0.25) is 4.79 Å². The molecule has 0 aliphatic heterocycles. The number of ether oxygens (including phenoxy) is 2. The van der Waals surface area contributed by atoms with Gasteiger partial charge in [0.15, 0.2) is 0 Å². The Morgan fingerprint density at radius 2 is 1.87 bits per heavy atom. The van der Waals surface area contributed by atoms with Crippen LogP contribution in [0.3, 0.4) is 0 Å². The lowest BCUT2D eigenvalue weighted by Crippen LogP contribution is -2.17. The number of hydrogen-bond donors (Lipinski definition) is 1. The number of aromatic nitrogens is 1. The van der Waals surface area contributed by atoms with Gasteiger partial charge in [-0.15, -0.1) is 24.5 Å². The maximum absolute atomic E-state index is 12.7. The van der Waals surface area contributed by atoms with Crippen molar-refractivity contribution < 1.29 is 32.5 Å². The molecule has 0 spiro atoms. The smallest absolute Gasteiger partial charge is 0.489 e. The average Bonchev–Trinajstić information content (AvgIpc) is 3.00. The van der Waals surface area contributed by atoms with E-state index in [1.165, 1.54) is 23.5 Å². The molecule has 2 aromatic carbocycles. The van der Waals surface area contributed by atoms with Gasteiger partial charge >= 0.3 is 12.3 Å². The summed E-state index contributed by atoms with van der Waals surface area (Å²) in [6.45, 7) is 5.55. The van der Waals surface area contributed by atoms with Crippen LogP contribution in [0.25, 0.3) is 10.2 Å². The highest BCUT2D eigenvalue weighted by Gasteiger charge is 2.31. The topological polar surface area (TPSA) is 68.7 Å². The number of carbonyl (C=O) groups is 1. The molecule has 5 nitrogen and oxygen atoms in total. The predicted molar refractivity (Wildman–Crippen MR) is 107 cm³/mol. The average molecular weight is 439 g/mol.